The predicted octanol–water partition coefficient (Wildman–Crippen LogP) is 3.38. The summed E-state index contributed by atoms with van der Waals surface area (Å²) in [5.74, 6) is 0.538. The lowest BCUT2D eigenvalue weighted by molar-refractivity contribution is 0.492. The normalized spacial score (nSPS) is 11.2. The Bertz CT molecular complexity index is 490. The molecule has 0 unspecified atom stereocenters. The summed E-state index contributed by atoms with van der Waals surface area (Å²) in [4.78, 5) is 0. The Balaban J connectivity index is 2.33. The molecule has 1 heterocycles. The first-order valence-electron chi connectivity index (χ1n) is 5.61. The van der Waals surface area contributed by atoms with Gasteiger partial charge in [-0.15, -0.1) is 0 Å². The van der Waals surface area contributed by atoms with E-state index in [2.05, 4.69) is 12.2 Å². The van der Waals surface area contributed by atoms with Gasteiger partial charge in [-0.2, -0.15) is 0 Å². The molecular formula is C13H16FNO. The molecule has 1 aromatic heterocycles. The van der Waals surface area contributed by atoms with E-state index in [0.717, 1.165) is 29.7 Å². The van der Waals surface area contributed by atoms with E-state index in [1.807, 2.05) is 13.0 Å². The van der Waals surface area contributed by atoms with E-state index in [4.69, 9.17) is 4.42 Å². The summed E-state index contributed by atoms with van der Waals surface area (Å²) in [6.45, 7) is 5.68. The highest BCUT2D eigenvalue weighted by Crippen LogP contribution is 2.26. The van der Waals surface area contributed by atoms with Crippen LogP contribution in [-0.2, 0) is 6.54 Å². The van der Waals surface area contributed by atoms with Crippen molar-refractivity contribution in [2.75, 3.05) is 6.54 Å². The van der Waals surface area contributed by atoms with Crippen LogP contribution in [0.1, 0.15) is 24.7 Å². The van der Waals surface area contributed by atoms with Crippen molar-refractivity contribution in [1.29, 1.82) is 0 Å². The van der Waals surface area contributed by atoms with E-state index in [9.17, 15) is 4.39 Å². The molecular weight excluding hydrogens is 205 g/mol. The third-order valence-corrected chi connectivity index (χ3v) is 2.73. The van der Waals surface area contributed by atoms with Gasteiger partial charge < -0.3 is 9.73 Å². The average molecular weight is 221 g/mol. The maximum Gasteiger partial charge on any atom is 0.170 e. The molecule has 0 spiro atoms. The van der Waals surface area contributed by atoms with Gasteiger partial charge in [0.15, 0.2) is 11.4 Å². The first-order chi connectivity index (χ1) is 7.74. The quantitative estimate of drug-likeness (QED) is 0.801. The molecule has 16 heavy (non-hydrogen) atoms. The molecule has 2 rings (SSSR count). The van der Waals surface area contributed by atoms with E-state index in [-0.39, 0.29) is 5.82 Å². The Labute approximate surface area is 94.4 Å². The van der Waals surface area contributed by atoms with Gasteiger partial charge in [-0.1, -0.05) is 19.1 Å². The number of para-hydroxylation sites is 1. The molecule has 0 aliphatic rings. The fourth-order valence-corrected chi connectivity index (χ4v) is 1.81. The molecule has 3 heteroatoms. The molecule has 0 amide bonds. The van der Waals surface area contributed by atoms with Crippen LogP contribution in [0.25, 0.3) is 11.0 Å². The van der Waals surface area contributed by atoms with Gasteiger partial charge in [-0.3, -0.25) is 0 Å². The van der Waals surface area contributed by atoms with Crippen LogP contribution in [0.4, 0.5) is 4.39 Å². The second kappa shape index (κ2) is 4.66. The van der Waals surface area contributed by atoms with Gasteiger partial charge in [-0.05, 0) is 31.5 Å². The van der Waals surface area contributed by atoms with Crippen LogP contribution in [0, 0.1) is 12.7 Å². The van der Waals surface area contributed by atoms with Crippen LogP contribution in [-0.4, -0.2) is 6.54 Å². The Morgan fingerprint density at radius 1 is 1.38 bits per heavy atom. The maximum atomic E-state index is 13.5. The molecule has 0 saturated carbocycles. The van der Waals surface area contributed by atoms with E-state index in [1.54, 1.807) is 6.07 Å². The van der Waals surface area contributed by atoms with Crippen molar-refractivity contribution in [2.24, 2.45) is 0 Å². The number of benzene rings is 1. The zero-order chi connectivity index (χ0) is 11.5. The minimum atomic E-state index is -0.289. The molecule has 0 radical (unpaired) electrons. The minimum absolute atomic E-state index is 0.289. The van der Waals surface area contributed by atoms with Gasteiger partial charge in [0.1, 0.15) is 5.76 Å². The number of fused-ring (bicyclic) bond motifs is 1. The number of halogens is 1. The van der Waals surface area contributed by atoms with Crippen molar-refractivity contribution in [3.05, 3.63) is 35.3 Å². The molecule has 0 atom stereocenters. The predicted molar refractivity (Wildman–Crippen MR) is 62.9 cm³/mol. The maximum absolute atomic E-state index is 13.5. The van der Waals surface area contributed by atoms with E-state index in [0.29, 0.717) is 12.1 Å². The topological polar surface area (TPSA) is 25.2 Å². The summed E-state index contributed by atoms with van der Waals surface area (Å²) in [6, 6.07) is 5.03. The summed E-state index contributed by atoms with van der Waals surface area (Å²) in [5, 5.41) is 4.13. The van der Waals surface area contributed by atoms with Crippen LogP contribution < -0.4 is 5.32 Å². The van der Waals surface area contributed by atoms with Crippen LogP contribution in [0.2, 0.25) is 0 Å². The van der Waals surface area contributed by atoms with E-state index >= 15 is 0 Å². The molecule has 0 bridgehead atoms. The minimum Gasteiger partial charge on any atom is -0.456 e. The summed E-state index contributed by atoms with van der Waals surface area (Å²) in [5.41, 5.74) is 1.39. The Kier molecular flexibility index (Phi) is 3.25. The number of furan rings is 1. The highest BCUT2D eigenvalue weighted by molar-refractivity contribution is 5.82. The molecule has 0 fully saturated rings. The molecule has 86 valence electrons. The molecule has 0 aliphatic heterocycles. The third kappa shape index (κ3) is 1.95. The van der Waals surface area contributed by atoms with Crippen LogP contribution in [0.15, 0.2) is 22.6 Å². The van der Waals surface area contributed by atoms with Crippen LogP contribution >= 0.6 is 0 Å². The smallest absolute Gasteiger partial charge is 0.170 e. The van der Waals surface area contributed by atoms with E-state index < -0.39 is 0 Å². The fraction of sp³-hybridized carbons (Fsp3) is 0.385. The highest BCUT2D eigenvalue weighted by Gasteiger charge is 2.12. The standard InChI is InChI=1S/C13H16FNO/c1-3-7-15-8-12-9(2)10-5-4-6-11(14)13(10)16-12/h4-6,15H,3,7-8H2,1-2H3. The zero-order valence-electron chi connectivity index (χ0n) is 9.64. The third-order valence-electron chi connectivity index (χ3n) is 2.73. The summed E-state index contributed by atoms with van der Waals surface area (Å²) < 4.78 is 19.0. The van der Waals surface area contributed by atoms with Crippen molar-refractivity contribution in [3.63, 3.8) is 0 Å². The largest absolute Gasteiger partial charge is 0.456 e. The molecule has 1 N–H and O–H groups in total. The van der Waals surface area contributed by atoms with Gasteiger partial charge in [-0.25, -0.2) is 4.39 Å². The van der Waals surface area contributed by atoms with Crippen molar-refractivity contribution < 1.29 is 8.81 Å². The summed E-state index contributed by atoms with van der Waals surface area (Å²) >= 11 is 0. The SMILES string of the molecule is CCCNCc1oc2c(F)cccc2c1C. The van der Waals surface area contributed by atoms with Crippen LogP contribution in [0.5, 0.6) is 0 Å². The molecule has 1 aromatic carbocycles. The zero-order valence-corrected chi connectivity index (χ0v) is 9.64. The van der Waals surface area contributed by atoms with Gasteiger partial charge in [0.25, 0.3) is 0 Å². The highest BCUT2D eigenvalue weighted by atomic mass is 19.1. The van der Waals surface area contributed by atoms with Crippen LogP contribution in [0.3, 0.4) is 0 Å². The van der Waals surface area contributed by atoms with Gasteiger partial charge in [0.2, 0.25) is 0 Å². The second-order valence-electron chi connectivity index (χ2n) is 3.94. The van der Waals surface area contributed by atoms with Crippen molar-refractivity contribution in [1.82, 2.24) is 5.32 Å². The number of hydrogen-bond acceptors (Lipinski definition) is 2. The molecule has 0 aliphatic carbocycles. The number of aryl methyl sites for hydroxylation is 1. The second-order valence-corrected chi connectivity index (χ2v) is 3.94. The number of rotatable bonds is 4. The lowest BCUT2D eigenvalue weighted by atomic mass is 10.1. The monoisotopic (exact) mass is 221 g/mol. The van der Waals surface area contributed by atoms with E-state index in [1.165, 1.54) is 6.07 Å². The molecule has 2 nitrogen and oxygen atoms in total. The first kappa shape index (κ1) is 11.1. The van der Waals surface area contributed by atoms with Gasteiger partial charge in [0.05, 0.1) is 6.54 Å². The lowest BCUT2D eigenvalue weighted by Gasteiger charge is -2.00. The average Bonchev–Trinajstić information content (AvgIpc) is 2.59. The van der Waals surface area contributed by atoms with Crippen molar-refractivity contribution >= 4 is 11.0 Å². The number of nitrogens with one attached hydrogen (secondary N) is 1. The fourth-order valence-electron chi connectivity index (χ4n) is 1.81. The van der Waals surface area contributed by atoms with Gasteiger partial charge in [0, 0.05) is 5.39 Å². The van der Waals surface area contributed by atoms with Gasteiger partial charge >= 0.3 is 0 Å². The Hall–Kier alpha value is -1.35. The van der Waals surface area contributed by atoms with Crippen molar-refractivity contribution in [3.8, 4) is 0 Å². The lowest BCUT2D eigenvalue weighted by Crippen LogP contribution is -2.13. The molecule has 0 saturated heterocycles. The van der Waals surface area contributed by atoms with Crippen molar-refractivity contribution in [2.45, 2.75) is 26.8 Å². The first-order valence-corrected chi connectivity index (χ1v) is 5.61. The summed E-state index contributed by atoms with van der Waals surface area (Å²) in [6.07, 6.45) is 1.08. The Morgan fingerprint density at radius 3 is 2.88 bits per heavy atom. The molecule has 2 aromatic rings. The Morgan fingerprint density at radius 2 is 2.19 bits per heavy atom. The number of hydrogen-bond donors (Lipinski definition) is 1. The summed E-state index contributed by atoms with van der Waals surface area (Å²) in [7, 11) is 0.